The van der Waals surface area contributed by atoms with Crippen LogP contribution in [0.3, 0.4) is 0 Å². The van der Waals surface area contributed by atoms with Crippen LogP contribution in [0.2, 0.25) is 0 Å². The SMILES string of the molecule is NC(=S)C1CCCC1NC(=O)c1ncccc1Br. The number of nitrogens with two attached hydrogens (primary N) is 1. The molecule has 1 fully saturated rings. The molecule has 1 aliphatic rings. The maximum Gasteiger partial charge on any atom is 0.271 e. The Morgan fingerprint density at radius 3 is 3.00 bits per heavy atom. The van der Waals surface area contributed by atoms with Gasteiger partial charge in [0.15, 0.2) is 0 Å². The molecule has 1 aromatic rings. The van der Waals surface area contributed by atoms with Crippen LogP contribution in [0, 0.1) is 5.92 Å². The Bertz CT molecular complexity index is 480. The maximum atomic E-state index is 12.1. The summed E-state index contributed by atoms with van der Waals surface area (Å²) in [6.07, 6.45) is 4.50. The number of amides is 1. The molecule has 6 heteroatoms. The normalized spacial score (nSPS) is 22.7. The Hall–Kier alpha value is -1.01. The highest BCUT2D eigenvalue weighted by Crippen LogP contribution is 2.26. The molecule has 0 spiro atoms. The maximum absolute atomic E-state index is 12.1. The number of rotatable bonds is 3. The molecular weight excluding hydrogens is 314 g/mol. The lowest BCUT2D eigenvalue weighted by Crippen LogP contribution is -2.42. The van der Waals surface area contributed by atoms with Crippen molar-refractivity contribution in [2.45, 2.75) is 25.3 Å². The first-order valence-electron chi connectivity index (χ1n) is 5.80. The van der Waals surface area contributed by atoms with Crippen LogP contribution in [-0.4, -0.2) is 21.9 Å². The molecule has 1 aromatic heterocycles. The summed E-state index contributed by atoms with van der Waals surface area (Å²) in [7, 11) is 0. The molecule has 3 N–H and O–H groups in total. The number of thiocarbonyl (C=S) groups is 1. The molecular formula is C12H14BrN3OS. The monoisotopic (exact) mass is 327 g/mol. The fourth-order valence-corrected chi connectivity index (χ4v) is 2.98. The van der Waals surface area contributed by atoms with Crippen molar-refractivity contribution in [3.8, 4) is 0 Å². The zero-order valence-electron chi connectivity index (χ0n) is 9.73. The molecule has 0 aliphatic heterocycles. The van der Waals surface area contributed by atoms with E-state index in [0.29, 0.717) is 15.2 Å². The van der Waals surface area contributed by atoms with Crippen molar-refractivity contribution in [3.63, 3.8) is 0 Å². The molecule has 1 heterocycles. The Labute approximate surface area is 119 Å². The van der Waals surface area contributed by atoms with Gasteiger partial charge >= 0.3 is 0 Å². The van der Waals surface area contributed by atoms with Crippen molar-refractivity contribution < 1.29 is 4.79 Å². The molecule has 0 aromatic carbocycles. The van der Waals surface area contributed by atoms with Crippen molar-refractivity contribution in [1.29, 1.82) is 0 Å². The lowest BCUT2D eigenvalue weighted by Gasteiger charge is -2.19. The summed E-state index contributed by atoms with van der Waals surface area (Å²) in [6.45, 7) is 0. The number of carbonyl (C=O) groups excluding carboxylic acids is 1. The zero-order valence-corrected chi connectivity index (χ0v) is 12.1. The second-order valence-corrected chi connectivity index (χ2v) is 5.68. The number of hydrogen-bond donors (Lipinski definition) is 2. The van der Waals surface area contributed by atoms with E-state index in [1.807, 2.05) is 0 Å². The summed E-state index contributed by atoms with van der Waals surface area (Å²) in [6, 6.07) is 3.60. The highest BCUT2D eigenvalue weighted by atomic mass is 79.9. The minimum absolute atomic E-state index is 0.0314. The molecule has 0 radical (unpaired) electrons. The average molecular weight is 328 g/mol. The topological polar surface area (TPSA) is 68.0 Å². The zero-order chi connectivity index (χ0) is 13.1. The first-order valence-corrected chi connectivity index (χ1v) is 7.00. The van der Waals surface area contributed by atoms with Crippen LogP contribution in [0.4, 0.5) is 0 Å². The number of halogens is 1. The van der Waals surface area contributed by atoms with Gasteiger partial charge in [-0.2, -0.15) is 0 Å². The third-order valence-corrected chi connectivity index (χ3v) is 4.11. The van der Waals surface area contributed by atoms with Gasteiger partial charge in [0.1, 0.15) is 5.69 Å². The van der Waals surface area contributed by atoms with E-state index in [9.17, 15) is 4.79 Å². The first kappa shape index (κ1) is 13.4. The van der Waals surface area contributed by atoms with Crippen LogP contribution in [0.25, 0.3) is 0 Å². The molecule has 1 saturated carbocycles. The number of carbonyl (C=O) groups is 1. The van der Waals surface area contributed by atoms with E-state index in [4.69, 9.17) is 18.0 Å². The van der Waals surface area contributed by atoms with Crippen molar-refractivity contribution >= 4 is 39.0 Å². The third kappa shape index (κ3) is 2.87. The van der Waals surface area contributed by atoms with E-state index in [1.165, 1.54) is 0 Å². The molecule has 1 aliphatic carbocycles. The molecule has 2 rings (SSSR count). The molecule has 0 saturated heterocycles. The molecule has 2 atom stereocenters. The van der Waals surface area contributed by atoms with Crippen LogP contribution < -0.4 is 11.1 Å². The van der Waals surface area contributed by atoms with Gasteiger partial charge in [0.25, 0.3) is 5.91 Å². The van der Waals surface area contributed by atoms with Crippen LogP contribution in [-0.2, 0) is 0 Å². The summed E-state index contributed by atoms with van der Waals surface area (Å²) in [5.41, 5.74) is 6.08. The van der Waals surface area contributed by atoms with Crippen LogP contribution in [0.5, 0.6) is 0 Å². The second-order valence-electron chi connectivity index (χ2n) is 4.35. The van der Waals surface area contributed by atoms with Gasteiger partial charge in [0.2, 0.25) is 0 Å². The van der Waals surface area contributed by atoms with Gasteiger partial charge in [-0.15, -0.1) is 0 Å². The van der Waals surface area contributed by atoms with E-state index in [-0.39, 0.29) is 17.9 Å². The number of nitrogens with one attached hydrogen (secondary N) is 1. The van der Waals surface area contributed by atoms with Gasteiger partial charge in [-0.3, -0.25) is 4.79 Å². The Morgan fingerprint density at radius 2 is 2.33 bits per heavy atom. The van der Waals surface area contributed by atoms with E-state index < -0.39 is 0 Å². The van der Waals surface area contributed by atoms with Gasteiger partial charge < -0.3 is 11.1 Å². The summed E-state index contributed by atoms with van der Waals surface area (Å²) < 4.78 is 0.687. The molecule has 96 valence electrons. The number of aromatic nitrogens is 1. The van der Waals surface area contributed by atoms with Crippen LogP contribution in [0.15, 0.2) is 22.8 Å². The summed E-state index contributed by atoms with van der Waals surface area (Å²) in [5.74, 6) is -0.0814. The standard InChI is InChI=1S/C12H14BrN3OS/c13-8-4-2-6-15-10(8)12(17)16-9-5-1-3-7(9)11(14)18/h2,4,6-7,9H,1,3,5H2,(H2,14,18)(H,16,17). The van der Waals surface area contributed by atoms with Gasteiger partial charge in [0, 0.05) is 22.6 Å². The minimum Gasteiger partial charge on any atom is -0.393 e. The van der Waals surface area contributed by atoms with Crippen molar-refractivity contribution in [2.75, 3.05) is 0 Å². The minimum atomic E-state index is -0.185. The van der Waals surface area contributed by atoms with Crippen molar-refractivity contribution in [3.05, 3.63) is 28.5 Å². The molecule has 18 heavy (non-hydrogen) atoms. The highest BCUT2D eigenvalue weighted by Gasteiger charge is 2.31. The van der Waals surface area contributed by atoms with Gasteiger partial charge in [-0.1, -0.05) is 18.6 Å². The highest BCUT2D eigenvalue weighted by molar-refractivity contribution is 9.10. The van der Waals surface area contributed by atoms with Crippen LogP contribution in [0.1, 0.15) is 29.8 Å². The van der Waals surface area contributed by atoms with Gasteiger partial charge in [-0.05, 0) is 40.9 Å². The third-order valence-electron chi connectivity index (χ3n) is 3.17. The molecule has 2 unspecified atom stereocenters. The predicted molar refractivity (Wildman–Crippen MR) is 77.3 cm³/mol. The largest absolute Gasteiger partial charge is 0.393 e. The summed E-state index contributed by atoms with van der Waals surface area (Å²) >= 11 is 8.35. The molecule has 4 nitrogen and oxygen atoms in total. The first-order chi connectivity index (χ1) is 8.59. The second kappa shape index (κ2) is 5.75. The predicted octanol–water partition coefficient (Wildman–Crippen LogP) is 2.03. The van der Waals surface area contributed by atoms with Crippen LogP contribution >= 0.6 is 28.1 Å². The van der Waals surface area contributed by atoms with Gasteiger partial charge in [-0.25, -0.2) is 4.98 Å². The lowest BCUT2D eigenvalue weighted by atomic mass is 10.0. The summed E-state index contributed by atoms with van der Waals surface area (Å²) in [4.78, 5) is 16.7. The van der Waals surface area contributed by atoms with E-state index >= 15 is 0 Å². The Morgan fingerprint density at radius 1 is 1.56 bits per heavy atom. The fourth-order valence-electron chi connectivity index (χ4n) is 2.26. The Balaban J connectivity index is 2.08. The number of pyridine rings is 1. The smallest absolute Gasteiger partial charge is 0.271 e. The average Bonchev–Trinajstić information content (AvgIpc) is 2.77. The summed E-state index contributed by atoms with van der Waals surface area (Å²) in [5, 5.41) is 2.97. The van der Waals surface area contributed by atoms with Crippen molar-refractivity contribution in [1.82, 2.24) is 10.3 Å². The Kier molecular flexibility index (Phi) is 4.29. The number of hydrogen-bond acceptors (Lipinski definition) is 3. The lowest BCUT2D eigenvalue weighted by molar-refractivity contribution is 0.0928. The van der Waals surface area contributed by atoms with E-state index in [0.717, 1.165) is 19.3 Å². The molecule has 1 amide bonds. The quantitative estimate of drug-likeness (QED) is 0.833. The number of nitrogens with zero attached hydrogens (tertiary/aromatic N) is 1. The van der Waals surface area contributed by atoms with E-state index in [2.05, 4.69) is 26.2 Å². The van der Waals surface area contributed by atoms with Crippen molar-refractivity contribution in [2.24, 2.45) is 11.7 Å². The van der Waals surface area contributed by atoms with Gasteiger partial charge in [0.05, 0.1) is 4.99 Å². The molecule has 0 bridgehead atoms. The van der Waals surface area contributed by atoms with E-state index in [1.54, 1.807) is 18.3 Å². The fraction of sp³-hybridized carbons (Fsp3) is 0.417.